The summed E-state index contributed by atoms with van der Waals surface area (Å²) >= 11 is 0. The molecule has 1 aliphatic rings. The molecule has 0 aliphatic carbocycles. The van der Waals surface area contributed by atoms with Crippen LogP contribution in [0.5, 0.6) is 0 Å². The van der Waals surface area contributed by atoms with Gasteiger partial charge in [0.2, 0.25) is 0 Å². The lowest BCUT2D eigenvalue weighted by Crippen LogP contribution is -2.49. The largest absolute Gasteiger partial charge is 0.466 e. The Morgan fingerprint density at radius 2 is 1.88 bits per heavy atom. The molecule has 0 aromatic carbocycles. The quantitative estimate of drug-likeness (QED) is 0.656. The molecule has 0 aromatic heterocycles. The second-order valence-corrected chi connectivity index (χ2v) is 4.41. The average molecular weight is 228 g/mol. The predicted octanol–water partition coefficient (Wildman–Crippen LogP) is 0.966. The Morgan fingerprint density at radius 3 is 2.38 bits per heavy atom. The molecule has 0 bridgehead atoms. The summed E-state index contributed by atoms with van der Waals surface area (Å²) in [4.78, 5) is 16.2. The van der Waals surface area contributed by atoms with Crippen molar-refractivity contribution in [3.8, 4) is 0 Å². The zero-order chi connectivity index (χ0) is 12.0. The van der Waals surface area contributed by atoms with Crippen molar-refractivity contribution in [2.75, 3.05) is 39.8 Å². The maximum Gasteiger partial charge on any atom is 0.307 e. The van der Waals surface area contributed by atoms with Crippen LogP contribution in [0, 0.1) is 0 Å². The molecule has 1 aliphatic heterocycles. The molecule has 0 saturated carbocycles. The molecule has 1 heterocycles. The Bertz CT molecular complexity index is 213. The first kappa shape index (κ1) is 13.5. The number of ether oxygens (including phenoxy) is 1. The standard InChI is InChI=1S/C12H24N2O2/c1-4-11(10-12(15)16-5-2)14-8-6-13(3)7-9-14/h11H,4-10H2,1-3H3. The third kappa shape index (κ3) is 4.10. The molecule has 1 atom stereocenters. The summed E-state index contributed by atoms with van der Waals surface area (Å²) in [5.74, 6) is -0.0618. The predicted molar refractivity (Wildman–Crippen MR) is 64.4 cm³/mol. The van der Waals surface area contributed by atoms with Crippen molar-refractivity contribution in [3.63, 3.8) is 0 Å². The summed E-state index contributed by atoms with van der Waals surface area (Å²) in [5, 5.41) is 0. The monoisotopic (exact) mass is 228 g/mol. The minimum atomic E-state index is -0.0618. The third-order valence-corrected chi connectivity index (χ3v) is 3.23. The first-order chi connectivity index (χ1) is 7.67. The number of carbonyl (C=O) groups is 1. The molecule has 16 heavy (non-hydrogen) atoms. The molecule has 0 aromatic rings. The van der Waals surface area contributed by atoms with Crippen molar-refractivity contribution in [2.45, 2.75) is 32.7 Å². The fourth-order valence-electron chi connectivity index (χ4n) is 2.13. The van der Waals surface area contributed by atoms with E-state index in [9.17, 15) is 4.79 Å². The third-order valence-electron chi connectivity index (χ3n) is 3.23. The molecule has 0 N–H and O–H groups in total. The summed E-state index contributed by atoms with van der Waals surface area (Å²) in [5.41, 5.74) is 0. The van der Waals surface area contributed by atoms with Crippen LogP contribution in [0.15, 0.2) is 0 Å². The molecule has 0 amide bonds. The highest BCUT2D eigenvalue weighted by Crippen LogP contribution is 2.12. The van der Waals surface area contributed by atoms with Crippen LogP contribution in [0.25, 0.3) is 0 Å². The van der Waals surface area contributed by atoms with Crippen LogP contribution >= 0.6 is 0 Å². The van der Waals surface area contributed by atoms with Gasteiger partial charge in [0.15, 0.2) is 0 Å². The van der Waals surface area contributed by atoms with E-state index in [4.69, 9.17) is 4.74 Å². The average Bonchev–Trinajstić information content (AvgIpc) is 2.27. The van der Waals surface area contributed by atoms with Crippen molar-refractivity contribution < 1.29 is 9.53 Å². The van der Waals surface area contributed by atoms with Gasteiger partial charge in [0.05, 0.1) is 13.0 Å². The highest BCUT2D eigenvalue weighted by Gasteiger charge is 2.23. The van der Waals surface area contributed by atoms with Crippen LogP contribution in [0.3, 0.4) is 0 Å². The Kier molecular flexibility index (Phi) is 5.77. The van der Waals surface area contributed by atoms with Crippen LogP contribution in [-0.2, 0) is 9.53 Å². The summed E-state index contributed by atoms with van der Waals surface area (Å²) < 4.78 is 5.01. The first-order valence-corrected chi connectivity index (χ1v) is 6.25. The molecule has 4 nitrogen and oxygen atoms in total. The van der Waals surface area contributed by atoms with Gasteiger partial charge in [-0.25, -0.2) is 0 Å². The molecule has 0 radical (unpaired) electrons. The van der Waals surface area contributed by atoms with Crippen molar-refractivity contribution in [1.82, 2.24) is 9.80 Å². The molecule has 4 heteroatoms. The molecule has 1 fully saturated rings. The zero-order valence-electron chi connectivity index (χ0n) is 10.7. The SMILES string of the molecule is CCOC(=O)CC(CC)N1CCN(C)CC1. The molecule has 1 saturated heterocycles. The van der Waals surface area contributed by atoms with E-state index in [0.717, 1.165) is 32.6 Å². The number of likely N-dealkylation sites (N-methyl/N-ethyl adjacent to an activating group) is 1. The summed E-state index contributed by atoms with van der Waals surface area (Å²) in [6, 6.07) is 0.354. The van der Waals surface area contributed by atoms with E-state index in [0.29, 0.717) is 19.1 Å². The van der Waals surface area contributed by atoms with E-state index in [2.05, 4.69) is 23.8 Å². The fourth-order valence-corrected chi connectivity index (χ4v) is 2.13. The normalized spacial score (nSPS) is 20.7. The summed E-state index contributed by atoms with van der Waals surface area (Å²) in [7, 11) is 2.14. The van der Waals surface area contributed by atoms with Gasteiger partial charge < -0.3 is 9.64 Å². The lowest BCUT2D eigenvalue weighted by Gasteiger charge is -2.37. The van der Waals surface area contributed by atoms with E-state index in [-0.39, 0.29) is 5.97 Å². The topological polar surface area (TPSA) is 32.8 Å². The van der Waals surface area contributed by atoms with Crippen LogP contribution in [-0.4, -0.2) is 61.6 Å². The highest BCUT2D eigenvalue weighted by molar-refractivity contribution is 5.70. The maximum atomic E-state index is 11.5. The van der Waals surface area contributed by atoms with Gasteiger partial charge in [-0.15, -0.1) is 0 Å². The molecule has 1 unspecified atom stereocenters. The minimum absolute atomic E-state index is 0.0618. The molecule has 0 spiro atoms. The fraction of sp³-hybridized carbons (Fsp3) is 0.917. The number of piperazine rings is 1. The number of hydrogen-bond donors (Lipinski definition) is 0. The van der Waals surface area contributed by atoms with Gasteiger partial charge in [-0.2, -0.15) is 0 Å². The van der Waals surface area contributed by atoms with E-state index >= 15 is 0 Å². The molecular weight excluding hydrogens is 204 g/mol. The lowest BCUT2D eigenvalue weighted by molar-refractivity contribution is -0.144. The Morgan fingerprint density at radius 1 is 1.25 bits per heavy atom. The zero-order valence-corrected chi connectivity index (χ0v) is 10.7. The lowest BCUT2D eigenvalue weighted by atomic mass is 10.1. The van der Waals surface area contributed by atoms with Crippen LogP contribution in [0.4, 0.5) is 0 Å². The maximum absolute atomic E-state index is 11.5. The van der Waals surface area contributed by atoms with E-state index in [1.54, 1.807) is 0 Å². The second kappa shape index (κ2) is 6.86. The van der Waals surface area contributed by atoms with Crippen molar-refractivity contribution in [2.24, 2.45) is 0 Å². The van der Waals surface area contributed by atoms with Crippen LogP contribution in [0.2, 0.25) is 0 Å². The second-order valence-electron chi connectivity index (χ2n) is 4.41. The number of hydrogen-bond acceptors (Lipinski definition) is 4. The van der Waals surface area contributed by atoms with Gasteiger partial charge in [0.1, 0.15) is 0 Å². The number of rotatable bonds is 5. The summed E-state index contributed by atoms with van der Waals surface area (Å²) in [6.07, 6.45) is 1.55. The Balaban J connectivity index is 2.38. The molecular formula is C12H24N2O2. The smallest absolute Gasteiger partial charge is 0.307 e. The van der Waals surface area contributed by atoms with Crippen molar-refractivity contribution >= 4 is 5.97 Å². The van der Waals surface area contributed by atoms with E-state index in [1.807, 2.05) is 6.92 Å². The van der Waals surface area contributed by atoms with E-state index < -0.39 is 0 Å². The van der Waals surface area contributed by atoms with Gasteiger partial charge in [0.25, 0.3) is 0 Å². The Labute approximate surface area is 98.5 Å². The minimum Gasteiger partial charge on any atom is -0.466 e. The van der Waals surface area contributed by atoms with Gasteiger partial charge in [-0.05, 0) is 20.4 Å². The first-order valence-electron chi connectivity index (χ1n) is 6.25. The van der Waals surface area contributed by atoms with Crippen LogP contribution < -0.4 is 0 Å². The highest BCUT2D eigenvalue weighted by atomic mass is 16.5. The van der Waals surface area contributed by atoms with Crippen LogP contribution in [0.1, 0.15) is 26.7 Å². The van der Waals surface area contributed by atoms with E-state index in [1.165, 1.54) is 0 Å². The van der Waals surface area contributed by atoms with Gasteiger partial charge in [-0.3, -0.25) is 9.69 Å². The Hall–Kier alpha value is -0.610. The van der Waals surface area contributed by atoms with Gasteiger partial charge >= 0.3 is 5.97 Å². The summed E-state index contributed by atoms with van der Waals surface area (Å²) in [6.45, 7) is 8.80. The molecule has 94 valence electrons. The number of nitrogens with zero attached hydrogens (tertiary/aromatic N) is 2. The number of carbonyl (C=O) groups excluding carboxylic acids is 1. The number of esters is 1. The van der Waals surface area contributed by atoms with Crippen molar-refractivity contribution in [1.29, 1.82) is 0 Å². The van der Waals surface area contributed by atoms with Gasteiger partial charge in [-0.1, -0.05) is 6.92 Å². The van der Waals surface area contributed by atoms with Crippen molar-refractivity contribution in [3.05, 3.63) is 0 Å². The molecule has 1 rings (SSSR count). The van der Waals surface area contributed by atoms with Gasteiger partial charge in [0, 0.05) is 32.2 Å².